The standard InChI is InChI=1S/C25H16O4/c1-15-12-13-18-19(14-15)28-24(26)22-21(18)20(16-8-4-2-5-9-16)23(29-25(22)27)17-10-6-3-7-11-17/h2-14H,1H3. The normalized spacial score (nSPS) is 11.2. The summed E-state index contributed by atoms with van der Waals surface area (Å²) in [5, 5.41) is 1.19. The molecule has 0 saturated carbocycles. The Morgan fingerprint density at radius 3 is 1.97 bits per heavy atom. The second kappa shape index (κ2) is 6.60. The SMILES string of the molecule is Cc1ccc2c(c1)oc(=O)c1c(=O)oc(-c3ccccc3)c(-c3ccccc3)c12. The van der Waals surface area contributed by atoms with Gasteiger partial charge in [-0.25, -0.2) is 9.59 Å². The van der Waals surface area contributed by atoms with Crippen LogP contribution in [0.2, 0.25) is 0 Å². The van der Waals surface area contributed by atoms with Crippen molar-refractivity contribution in [2.75, 3.05) is 0 Å². The summed E-state index contributed by atoms with van der Waals surface area (Å²) in [6.07, 6.45) is 0. The van der Waals surface area contributed by atoms with Gasteiger partial charge in [-0.15, -0.1) is 0 Å². The number of rotatable bonds is 2. The highest BCUT2D eigenvalue weighted by molar-refractivity contribution is 6.14. The number of hydrogen-bond acceptors (Lipinski definition) is 4. The average molecular weight is 380 g/mol. The van der Waals surface area contributed by atoms with E-state index in [0.717, 1.165) is 16.7 Å². The highest BCUT2D eigenvalue weighted by Crippen LogP contribution is 2.39. The van der Waals surface area contributed by atoms with Gasteiger partial charge >= 0.3 is 11.3 Å². The Morgan fingerprint density at radius 2 is 1.28 bits per heavy atom. The van der Waals surface area contributed by atoms with Crippen LogP contribution in [0.4, 0.5) is 0 Å². The second-order valence-corrected chi connectivity index (χ2v) is 6.96. The summed E-state index contributed by atoms with van der Waals surface area (Å²) in [7, 11) is 0. The van der Waals surface area contributed by atoms with Gasteiger partial charge in [0.05, 0.1) is 0 Å². The third-order valence-electron chi connectivity index (χ3n) is 5.04. The first-order valence-electron chi connectivity index (χ1n) is 9.28. The summed E-state index contributed by atoms with van der Waals surface area (Å²) in [6.45, 7) is 1.93. The zero-order valence-corrected chi connectivity index (χ0v) is 15.6. The number of hydrogen-bond donors (Lipinski definition) is 0. The quantitative estimate of drug-likeness (QED) is 0.298. The number of fused-ring (bicyclic) bond motifs is 3. The van der Waals surface area contributed by atoms with Crippen LogP contribution < -0.4 is 11.3 Å². The molecule has 0 aliphatic heterocycles. The van der Waals surface area contributed by atoms with E-state index in [0.29, 0.717) is 27.7 Å². The molecule has 0 N–H and O–H groups in total. The molecule has 5 aromatic rings. The van der Waals surface area contributed by atoms with Gasteiger partial charge in [0.1, 0.15) is 11.3 Å². The van der Waals surface area contributed by atoms with E-state index in [1.54, 1.807) is 0 Å². The van der Waals surface area contributed by atoms with Crippen molar-refractivity contribution in [2.24, 2.45) is 0 Å². The molecule has 5 rings (SSSR count). The minimum atomic E-state index is -0.699. The van der Waals surface area contributed by atoms with Crippen molar-refractivity contribution in [3.63, 3.8) is 0 Å². The molecule has 0 atom stereocenters. The molecule has 3 aromatic carbocycles. The molecule has 0 aliphatic rings. The predicted octanol–water partition coefficient (Wildman–Crippen LogP) is 5.54. The van der Waals surface area contributed by atoms with Crippen LogP contribution in [0.25, 0.3) is 44.2 Å². The Labute approximate surface area is 165 Å². The first-order valence-corrected chi connectivity index (χ1v) is 9.28. The maximum Gasteiger partial charge on any atom is 0.351 e. The Kier molecular flexibility index (Phi) is 3.91. The van der Waals surface area contributed by atoms with E-state index in [4.69, 9.17) is 8.83 Å². The van der Waals surface area contributed by atoms with E-state index < -0.39 is 11.3 Å². The van der Waals surface area contributed by atoms with E-state index in [9.17, 15) is 9.59 Å². The van der Waals surface area contributed by atoms with Crippen molar-refractivity contribution in [3.05, 3.63) is 105 Å². The molecular weight excluding hydrogens is 364 g/mol. The van der Waals surface area contributed by atoms with Crippen LogP contribution >= 0.6 is 0 Å². The van der Waals surface area contributed by atoms with Gasteiger partial charge in [-0.2, -0.15) is 0 Å². The summed E-state index contributed by atoms with van der Waals surface area (Å²) in [6, 6.07) is 24.7. The minimum absolute atomic E-state index is 0.0695. The van der Waals surface area contributed by atoms with Crippen molar-refractivity contribution in [2.45, 2.75) is 6.92 Å². The summed E-state index contributed by atoms with van der Waals surface area (Å²) in [5.74, 6) is 0.432. The van der Waals surface area contributed by atoms with Crippen LogP contribution in [0, 0.1) is 6.92 Å². The van der Waals surface area contributed by atoms with E-state index in [1.807, 2.05) is 85.8 Å². The number of aryl methyl sites for hydroxylation is 1. The van der Waals surface area contributed by atoms with Crippen LogP contribution in [0.5, 0.6) is 0 Å². The number of benzene rings is 3. The lowest BCUT2D eigenvalue weighted by atomic mass is 9.94. The minimum Gasteiger partial charge on any atom is -0.422 e. The molecule has 0 fully saturated rings. The fourth-order valence-corrected chi connectivity index (χ4v) is 3.73. The van der Waals surface area contributed by atoms with Crippen molar-refractivity contribution in [1.82, 2.24) is 0 Å². The molecule has 0 unspecified atom stereocenters. The fraction of sp³-hybridized carbons (Fsp3) is 0.0400. The van der Waals surface area contributed by atoms with Gasteiger partial charge in [-0.3, -0.25) is 0 Å². The molecule has 0 spiro atoms. The predicted molar refractivity (Wildman–Crippen MR) is 114 cm³/mol. The van der Waals surface area contributed by atoms with Crippen LogP contribution in [0.3, 0.4) is 0 Å². The van der Waals surface area contributed by atoms with E-state index >= 15 is 0 Å². The molecular formula is C25H16O4. The highest BCUT2D eigenvalue weighted by atomic mass is 16.4. The zero-order chi connectivity index (χ0) is 20.0. The molecule has 0 amide bonds. The van der Waals surface area contributed by atoms with Gasteiger partial charge in [0.2, 0.25) is 0 Å². The fourth-order valence-electron chi connectivity index (χ4n) is 3.73. The van der Waals surface area contributed by atoms with Crippen molar-refractivity contribution >= 4 is 21.7 Å². The van der Waals surface area contributed by atoms with Gasteiger partial charge in [0, 0.05) is 21.9 Å². The van der Waals surface area contributed by atoms with E-state index in [2.05, 4.69) is 0 Å². The Bertz CT molecular complexity index is 1480. The monoisotopic (exact) mass is 380 g/mol. The third kappa shape index (κ3) is 2.77. The van der Waals surface area contributed by atoms with Crippen molar-refractivity contribution in [3.8, 4) is 22.5 Å². The van der Waals surface area contributed by atoms with Crippen LogP contribution in [-0.2, 0) is 0 Å². The van der Waals surface area contributed by atoms with Crippen LogP contribution in [-0.4, -0.2) is 0 Å². The lowest BCUT2D eigenvalue weighted by molar-refractivity contribution is 0.525. The molecule has 4 heteroatoms. The van der Waals surface area contributed by atoms with Gasteiger partial charge in [0.25, 0.3) is 0 Å². The lowest BCUT2D eigenvalue weighted by Crippen LogP contribution is -2.13. The molecule has 140 valence electrons. The summed E-state index contributed by atoms with van der Waals surface area (Å²) in [5.41, 5.74) is 2.34. The molecule has 29 heavy (non-hydrogen) atoms. The van der Waals surface area contributed by atoms with Gasteiger partial charge in [-0.05, 0) is 24.1 Å². The van der Waals surface area contributed by atoms with Gasteiger partial charge in [0.15, 0.2) is 5.39 Å². The van der Waals surface area contributed by atoms with Crippen LogP contribution in [0.1, 0.15) is 5.56 Å². The van der Waals surface area contributed by atoms with E-state index in [1.165, 1.54) is 0 Å². The van der Waals surface area contributed by atoms with E-state index in [-0.39, 0.29) is 5.39 Å². The zero-order valence-electron chi connectivity index (χ0n) is 15.6. The summed E-state index contributed by atoms with van der Waals surface area (Å²) >= 11 is 0. The highest BCUT2D eigenvalue weighted by Gasteiger charge is 2.22. The first kappa shape index (κ1) is 17.2. The smallest absolute Gasteiger partial charge is 0.351 e. The summed E-state index contributed by atoms with van der Waals surface area (Å²) < 4.78 is 11.2. The third-order valence-corrected chi connectivity index (χ3v) is 5.04. The molecule has 0 radical (unpaired) electrons. The molecule has 0 bridgehead atoms. The average Bonchev–Trinajstić information content (AvgIpc) is 2.74. The Morgan fingerprint density at radius 1 is 0.655 bits per heavy atom. The maximum atomic E-state index is 12.9. The molecule has 2 heterocycles. The van der Waals surface area contributed by atoms with Gasteiger partial charge in [-0.1, -0.05) is 72.8 Å². The van der Waals surface area contributed by atoms with Crippen molar-refractivity contribution in [1.29, 1.82) is 0 Å². The lowest BCUT2D eigenvalue weighted by Gasteiger charge is -2.13. The Balaban J connectivity index is 2.09. The molecule has 4 nitrogen and oxygen atoms in total. The molecule has 0 aliphatic carbocycles. The first-order chi connectivity index (χ1) is 14.1. The largest absolute Gasteiger partial charge is 0.422 e. The Hall–Kier alpha value is -3.92. The summed E-state index contributed by atoms with van der Waals surface area (Å²) in [4.78, 5) is 25.6. The maximum absolute atomic E-state index is 12.9. The van der Waals surface area contributed by atoms with Crippen LogP contribution in [0.15, 0.2) is 97.3 Å². The molecule has 0 saturated heterocycles. The molecule has 2 aromatic heterocycles. The van der Waals surface area contributed by atoms with Gasteiger partial charge < -0.3 is 8.83 Å². The second-order valence-electron chi connectivity index (χ2n) is 6.96. The van der Waals surface area contributed by atoms with Crippen molar-refractivity contribution < 1.29 is 8.83 Å². The topological polar surface area (TPSA) is 60.4 Å².